The number of rotatable bonds is 10. The second-order valence-corrected chi connectivity index (χ2v) is 7.74. The van der Waals surface area contributed by atoms with Crippen LogP contribution in [0.5, 0.6) is 5.75 Å². The maximum absolute atomic E-state index is 12.1. The lowest BCUT2D eigenvalue weighted by molar-refractivity contribution is -0.121. The number of nitrogens with one attached hydrogen (secondary N) is 2. The molecule has 29 heavy (non-hydrogen) atoms. The number of aryl methyl sites for hydroxylation is 1. The van der Waals surface area contributed by atoms with E-state index >= 15 is 0 Å². The van der Waals surface area contributed by atoms with Crippen molar-refractivity contribution < 1.29 is 14.7 Å². The maximum Gasteiger partial charge on any atom is 0.251 e. The van der Waals surface area contributed by atoms with Crippen molar-refractivity contribution in [3.63, 3.8) is 0 Å². The van der Waals surface area contributed by atoms with Crippen molar-refractivity contribution in [2.45, 2.75) is 53.5 Å². The van der Waals surface area contributed by atoms with E-state index in [1.807, 2.05) is 11.6 Å². The molecule has 158 valence electrons. The van der Waals surface area contributed by atoms with Crippen LogP contribution in [-0.2, 0) is 17.8 Å². The van der Waals surface area contributed by atoms with Crippen molar-refractivity contribution >= 4 is 11.8 Å². The van der Waals surface area contributed by atoms with Crippen LogP contribution >= 0.6 is 0 Å². The van der Waals surface area contributed by atoms with E-state index < -0.39 is 0 Å². The van der Waals surface area contributed by atoms with E-state index in [2.05, 4.69) is 36.5 Å². The first-order valence-electron chi connectivity index (χ1n) is 10.1. The lowest BCUT2D eigenvalue weighted by Crippen LogP contribution is -2.30. The van der Waals surface area contributed by atoms with Crippen molar-refractivity contribution in [3.05, 3.63) is 46.8 Å². The van der Waals surface area contributed by atoms with Crippen LogP contribution in [0.15, 0.2) is 24.3 Å². The van der Waals surface area contributed by atoms with Crippen LogP contribution < -0.4 is 10.6 Å². The van der Waals surface area contributed by atoms with Gasteiger partial charge in [0.1, 0.15) is 5.75 Å². The molecule has 7 heteroatoms. The summed E-state index contributed by atoms with van der Waals surface area (Å²) in [5.74, 6) is 0.346. The van der Waals surface area contributed by atoms with Crippen LogP contribution in [-0.4, -0.2) is 39.8 Å². The number of benzene rings is 1. The van der Waals surface area contributed by atoms with Gasteiger partial charge < -0.3 is 15.7 Å². The third kappa shape index (κ3) is 6.93. The molecule has 2 rings (SSSR count). The number of carbonyl (C=O) groups is 2. The van der Waals surface area contributed by atoms with E-state index in [0.717, 1.165) is 23.5 Å². The molecule has 7 nitrogen and oxygen atoms in total. The van der Waals surface area contributed by atoms with E-state index in [4.69, 9.17) is 0 Å². The van der Waals surface area contributed by atoms with Crippen LogP contribution in [0, 0.1) is 19.8 Å². The number of phenols is 1. The molecule has 1 heterocycles. The van der Waals surface area contributed by atoms with Crippen LogP contribution in [0.4, 0.5) is 0 Å². The standard InChI is InChI=1S/C22H32N4O3/c1-15(2)14-26-17(4)20(16(3)25-26)9-10-21(28)23-11-6-12-24-22(29)18-7-5-8-19(27)13-18/h5,7-8,13,15,27H,6,9-12,14H2,1-4H3,(H,23,28)(H,24,29). The van der Waals surface area contributed by atoms with Crippen LogP contribution in [0.1, 0.15) is 54.0 Å². The molecule has 3 N–H and O–H groups in total. The largest absolute Gasteiger partial charge is 0.508 e. The normalized spacial score (nSPS) is 10.9. The van der Waals surface area contributed by atoms with E-state index in [0.29, 0.717) is 43.8 Å². The zero-order valence-electron chi connectivity index (χ0n) is 17.8. The molecule has 0 bridgehead atoms. The molecule has 0 spiro atoms. The van der Waals surface area contributed by atoms with Gasteiger partial charge in [0, 0.05) is 37.3 Å². The van der Waals surface area contributed by atoms with Crippen LogP contribution in [0.3, 0.4) is 0 Å². The monoisotopic (exact) mass is 400 g/mol. The average Bonchev–Trinajstić information content (AvgIpc) is 2.92. The quantitative estimate of drug-likeness (QED) is 0.534. The van der Waals surface area contributed by atoms with Gasteiger partial charge >= 0.3 is 0 Å². The van der Waals surface area contributed by atoms with Crippen molar-refractivity contribution in [1.82, 2.24) is 20.4 Å². The van der Waals surface area contributed by atoms with Crippen LogP contribution in [0.25, 0.3) is 0 Å². The zero-order valence-corrected chi connectivity index (χ0v) is 17.8. The minimum absolute atomic E-state index is 0.000261. The molecule has 0 fully saturated rings. The molecule has 0 saturated carbocycles. The fraction of sp³-hybridized carbons (Fsp3) is 0.500. The summed E-state index contributed by atoms with van der Waals surface area (Å²) in [5, 5.41) is 19.7. The number of hydrogen-bond acceptors (Lipinski definition) is 4. The zero-order chi connectivity index (χ0) is 21.4. The number of aromatic nitrogens is 2. The third-order valence-corrected chi connectivity index (χ3v) is 4.74. The topological polar surface area (TPSA) is 96.3 Å². The summed E-state index contributed by atoms with van der Waals surface area (Å²) in [4.78, 5) is 24.1. The lowest BCUT2D eigenvalue weighted by atomic mass is 10.1. The van der Waals surface area contributed by atoms with E-state index in [9.17, 15) is 14.7 Å². The Morgan fingerprint density at radius 3 is 2.59 bits per heavy atom. The number of hydrogen-bond donors (Lipinski definition) is 3. The Morgan fingerprint density at radius 1 is 1.17 bits per heavy atom. The molecule has 0 atom stereocenters. The summed E-state index contributed by atoms with van der Waals surface area (Å²) in [7, 11) is 0. The Labute approximate surface area is 172 Å². The minimum atomic E-state index is -0.239. The number of carbonyl (C=O) groups excluding carboxylic acids is 2. The first-order chi connectivity index (χ1) is 13.8. The van der Waals surface area contributed by atoms with Crippen molar-refractivity contribution in [3.8, 4) is 5.75 Å². The van der Waals surface area contributed by atoms with Gasteiger partial charge in [-0.3, -0.25) is 14.3 Å². The van der Waals surface area contributed by atoms with Crippen molar-refractivity contribution in [2.24, 2.45) is 5.92 Å². The molecule has 2 amide bonds. The molecule has 0 aliphatic carbocycles. The molecule has 0 unspecified atom stereocenters. The Balaban J connectivity index is 1.68. The highest BCUT2D eigenvalue weighted by atomic mass is 16.3. The fourth-order valence-electron chi connectivity index (χ4n) is 3.21. The number of phenolic OH excluding ortho intramolecular Hbond substituents is 1. The predicted octanol–water partition coefficient (Wildman–Crippen LogP) is 2.73. The Hall–Kier alpha value is -2.83. The van der Waals surface area contributed by atoms with Gasteiger partial charge in [-0.2, -0.15) is 5.10 Å². The first kappa shape index (κ1) is 22.5. The van der Waals surface area contributed by atoms with Gasteiger partial charge in [0.15, 0.2) is 0 Å². The average molecular weight is 401 g/mol. The molecule has 2 aromatic rings. The summed E-state index contributed by atoms with van der Waals surface area (Å²) in [6.45, 7) is 10.2. The molecule has 1 aromatic heterocycles. The summed E-state index contributed by atoms with van der Waals surface area (Å²) in [5.41, 5.74) is 3.70. The van der Waals surface area contributed by atoms with Gasteiger partial charge in [0.25, 0.3) is 5.91 Å². The van der Waals surface area contributed by atoms with Gasteiger partial charge in [-0.1, -0.05) is 19.9 Å². The minimum Gasteiger partial charge on any atom is -0.508 e. The van der Waals surface area contributed by atoms with Gasteiger partial charge in [0.2, 0.25) is 5.91 Å². The van der Waals surface area contributed by atoms with Gasteiger partial charge in [-0.15, -0.1) is 0 Å². The highest BCUT2D eigenvalue weighted by Gasteiger charge is 2.13. The first-order valence-corrected chi connectivity index (χ1v) is 10.1. The highest BCUT2D eigenvalue weighted by Crippen LogP contribution is 2.16. The molecule has 0 aliphatic rings. The van der Waals surface area contributed by atoms with E-state index in [-0.39, 0.29) is 17.6 Å². The molecule has 0 radical (unpaired) electrons. The fourth-order valence-corrected chi connectivity index (χ4v) is 3.21. The van der Waals surface area contributed by atoms with Crippen LogP contribution in [0.2, 0.25) is 0 Å². The second kappa shape index (κ2) is 10.6. The second-order valence-electron chi connectivity index (χ2n) is 7.74. The van der Waals surface area contributed by atoms with Crippen molar-refractivity contribution in [1.29, 1.82) is 0 Å². The Morgan fingerprint density at radius 2 is 1.90 bits per heavy atom. The van der Waals surface area contributed by atoms with Gasteiger partial charge in [-0.05, 0) is 56.4 Å². The smallest absolute Gasteiger partial charge is 0.251 e. The third-order valence-electron chi connectivity index (χ3n) is 4.74. The predicted molar refractivity (Wildman–Crippen MR) is 113 cm³/mol. The molecular weight excluding hydrogens is 368 g/mol. The number of aromatic hydroxyl groups is 1. The Bertz CT molecular complexity index is 843. The Kier molecular flexibility index (Phi) is 8.24. The molecular formula is C22H32N4O3. The summed E-state index contributed by atoms with van der Waals surface area (Å²) < 4.78 is 2.03. The van der Waals surface area contributed by atoms with Gasteiger partial charge in [0.05, 0.1) is 5.69 Å². The number of amides is 2. The molecule has 1 aromatic carbocycles. The molecule has 0 saturated heterocycles. The number of nitrogens with zero attached hydrogens (tertiary/aromatic N) is 2. The summed E-state index contributed by atoms with van der Waals surface area (Å²) in [6.07, 6.45) is 1.74. The van der Waals surface area contributed by atoms with Crippen molar-refractivity contribution in [2.75, 3.05) is 13.1 Å². The molecule has 0 aliphatic heterocycles. The summed E-state index contributed by atoms with van der Waals surface area (Å²) in [6, 6.07) is 6.21. The van der Waals surface area contributed by atoms with E-state index in [1.165, 1.54) is 12.1 Å². The lowest BCUT2D eigenvalue weighted by Gasteiger charge is -2.09. The van der Waals surface area contributed by atoms with E-state index in [1.54, 1.807) is 12.1 Å². The summed E-state index contributed by atoms with van der Waals surface area (Å²) >= 11 is 0. The van der Waals surface area contributed by atoms with Gasteiger partial charge in [-0.25, -0.2) is 0 Å². The maximum atomic E-state index is 12.1. The SMILES string of the molecule is Cc1nn(CC(C)C)c(C)c1CCC(=O)NCCCNC(=O)c1cccc(O)c1. The highest BCUT2D eigenvalue weighted by molar-refractivity contribution is 5.94.